The molecule has 1 heterocycles. The third-order valence-corrected chi connectivity index (χ3v) is 3.33. The van der Waals surface area contributed by atoms with Crippen LogP contribution < -0.4 is 10.9 Å². The number of carbonyl (C=O) groups is 1. The van der Waals surface area contributed by atoms with Crippen LogP contribution >= 0.6 is 0 Å². The van der Waals surface area contributed by atoms with Gasteiger partial charge < -0.3 is 14.8 Å². The van der Waals surface area contributed by atoms with Crippen molar-refractivity contribution in [2.45, 2.75) is 25.0 Å². The Morgan fingerprint density at radius 2 is 2.05 bits per heavy atom. The molecule has 1 saturated carbocycles. The Morgan fingerprint density at radius 3 is 2.79 bits per heavy atom. The number of hydrogen-bond donors (Lipinski definition) is 2. The maximum absolute atomic E-state index is 12.0. The van der Waals surface area contributed by atoms with Crippen molar-refractivity contribution in [1.29, 1.82) is 0 Å². The third kappa shape index (κ3) is 2.24. The van der Waals surface area contributed by atoms with Gasteiger partial charge in [-0.15, -0.1) is 0 Å². The molecule has 1 aliphatic carbocycles. The Kier molecular flexibility index (Phi) is 2.83. The Labute approximate surface area is 108 Å². The van der Waals surface area contributed by atoms with Crippen LogP contribution in [0, 0.1) is 0 Å². The van der Waals surface area contributed by atoms with Gasteiger partial charge in [0.1, 0.15) is 11.1 Å². The second-order valence-electron chi connectivity index (χ2n) is 4.78. The summed E-state index contributed by atoms with van der Waals surface area (Å²) in [6.07, 6.45) is 0.716. The van der Waals surface area contributed by atoms with E-state index < -0.39 is 11.5 Å². The lowest BCUT2D eigenvalue weighted by molar-refractivity contribution is 0.0561. The molecule has 0 radical (unpaired) electrons. The predicted molar refractivity (Wildman–Crippen MR) is 69.0 cm³/mol. The zero-order chi connectivity index (χ0) is 13.4. The lowest BCUT2D eigenvalue weighted by atomic mass is 9.89. The lowest BCUT2D eigenvalue weighted by Gasteiger charge is -2.31. The molecule has 0 bridgehead atoms. The second-order valence-corrected chi connectivity index (χ2v) is 4.78. The summed E-state index contributed by atoms with van der Waals surface area (Å²) in [6, 6.07) is 8.51. The van der Waals surface area contributed by atoms with E-state index in [4.69, 9.17) is 9.52 Å². The normalized spacial score (nSPS) is 21.9. The van der Waals surface area contributed by atoms with E-state index in [-0.39, 0.29) is 17.7 Å². The summed E-state index contributed by atoms with van der Waals surface area (Å²) in [4.78, 5) is 23.7. The second kappa shape index (κ2) is 4.51. The summed E-state index contributed by atoms with van der Waals surface area (Å²) in [6.45, 7) is 0. The van der Waals surface area contributed by atoms with Crippen LogP contribution in [-0.2, 0) is 0 Å². The number of nitrogens with one attached hydrogen (secondary N) is 1. The number of aliphatic hydroxyl groups is 1. The molecule has 2 aromatic rings. The molecule has 1 aromatic heterocycles. The number of rotatable bonds is 2. The third-order valence-electron chi connectivity index (χ3n) is 3.33. The smallest absolute Gasteiger partial charge is 0.349 e. The monoisotopic (exact) mass is 259 g/mol. The fourth-order valence-electron chi connectivity index (χ4n) is 2.19. The van der Waals surface area contributed by atoms with Gasteiger partial charge in [0.05, 0.1) is 6.10 Å². The Morgan fingerprint density at radius 1 is 1.32 bits per heavy atom. The Bertz CT molecular complexity index is 685. The van der Waals surface area contributed by atoms with Gasteiger partial charge >= 0.3 is 5.63 Å². The highest BCUT2D eigenvalue weighted by Gasteiger charge is 2.29. The minimum Gasteiger partial charge on any atom is -0.422 e. The van der Waals surface area contributed by atoms with Crippen molar-refractivity contribution in [2.24, 2.45) is 0 Å². The fraction of sp³-hybridized carbons (Fsp3) is 0.286. The molecule has 3 rings (SSSR count). The van der Waals surface area contributed by atoms with Gasteiger partial charge in [0.2, 0.25) is 0 Å². The molecule has 1 amide bonds. The number of amides is 1. The number of hydrogen-bond acceptors (Lipinski definition) is 4. The van der Waals surface area contributed by atoms with Gasteiger partial charge in [-0.25, -0.2) is 4.79 Å². The van der Waals surface area contributed by atoms with Gasteiger partial charge in [-0.1, -0.05) is 18.2 Å². The average Bonchev–Trinajstić information content (AvgIpc) is 2.36. The van der Waals surface area contributed by atoms with Gasteiger partial charge in [0.25, 0.3) is 5.91 Å². The number of para-hydroxylation sites is 1. The number of carbonyl (C=O) groups excluding carboxylic acids is 1. The average molecular weight is 259 g/mol. The highest BCUT2D eigenvalue weighted by Crippen LogP contribution is 2.20. The maximum atomic E-state index is 12.0. The minimum absolute atomic E-state index is 0.0000831. The van der Waals surface area contributed by atoms with Gasteiger partial charge in [-0.3, -0.25) is 4.79 Å². The van der Waals surface area contributed by atoms with Crippen LogP contribution in [0.15, 0.2) is 39.5 Å². The van der Waals surface area contributed by atoms with Crippen LogP contribution in [0.5, 0.6) is 0 Å². The largest absolute Gasteiger partial charge is 0.422 e. The molecule has 0 atom stereocenters. The summed E-state index contributed by atoms with van der Waals surface area (Å²) in [7, 11) is 0. The van der Waals surface area contributed by atoms with Crippen molar-refractivity contribution in [1.82, 2.24) is 5.32 Å². The highest BCUT2D eigenvalue weighted by molar-refractivity contribution is 5.96. The lowest BCUT2D eigenvalue weighted by Crippen LogP contribution is -2.47. The van der Waals surface area contributed by atoms with Crippen LogP contribution in [0.1, 0.15) is 23.2 Å². The van der Waals surface area contributed by atoms with E-state index in [0.29, 0.717) is 23.8 Å². The van der Waals surface area contributed by atoms with Crippen LogP contribution in [0.3, 0.4) is 0 Å². The Hall–Kier alpha value is -2.14. The molecular weight excluding hydrogens is 246 g/mol. The number of fused-ring (bicyclic) bond motifs is 1. The number of aliphatic hydroxyl groups excluding tert-OH is 1. The molecule has 0 aliphatic heterocycles. The molecule has 1 fully saturated rings. The van der Waals surface area contributed by atoms with E-state index in [1.165, 1.54) is 6.07 Å². The molecule has 5 heteroatoms. The van der Waals surface area contributed by atoms with Crippen molar-refractivity contribution in [2.75, 3.05) is 0 Å². The van der Waals surface area contributed by atoms with Gasteiger partial charge in [0, 0.05) is 11.4 Å². The molecule has 19 heavy (non-hydrogen) atoms. The molecule has 0 unspecified atom stereocenters. The van der Waals surface area contributed by atoms with Crippen LogP contribution in [0.2, 0.25) is 0 Å². The molecule has 1 aliphatic rings. The molecule has 0 saturated heterocycles. The summed E-state index contributed by atoms with van der Waals surface area (Å²) in [5.74, 6) is -0.448. The fourth-order valence-corrected chi connectivity index (χ4v) is 2.19. The first-order valence-corrected chi connectivity index (χ1v) is 6.15. The zero-order valence-electron chi connectivity index (χ0n) is 10.1. The SMILES string of the molecule is O=C(NC1CC(O)C1)c1cc2ccccc2oc1=O. The van der Waals surface area contributed by atoms with Crippen LogP contribution in [0.4, 0.5) is 0 Å². The van der Waals surface area contributed by atoms with Crippen LogP contribution in [-0.4, -0.2) is 23.2 Å². The van der Waals surface area contributed by atoms with Gasteiger partial charge in [-0.2, -0.15) is 0 Å². The zero-order valence-corrected chi connectivity index (χ0v) is 10.1. The first-order chi connectivity index (χ1) is 9.13. The van der Waals surface area contributed by atoms with Gasteiger partial charge in [0.15, 0.2) is 0 Å². The molecule has 5 nitrogen and oxygen atoms in total. The maximum Gasteiger partial charge on any atom is 0.349 e. The summed E-state index contributed by atoms with van der Waals surface area (Å²) < 4.78 is 5.10. The van der Waals surface area contributed by atoms with Crippen LogP contribution in [0.25, 0.3) is 11.0 Å². The van der Waals surface area contributed by atoms with E-state index in [1.54, 1.807) is 18.2 Å². The van der Waals surface area contributed by atoms with Crippen molar-refractivity contribution in [3.63, 3.8) is 0 Å². The van der Waals surface area contributed by atoms with E-state index >= 15 is 0 Å². The topological polar surface area (TPSA) is 79.5 Å². The van der Waals surface area contributed by atoms with Crippen molar-refractivity contribution in [3.05, 3.63) is 46.3 Å². The standard InChI is InChI=1S/C14H13NO4/c16-10-6-9(7-10)15-13(17)11-5-8-3-1-2-4-12(8)19-14(11)18/h1-5,9-10,16H,6-7H2,(H,15,17). The quantitative estimate of drug-likeness (QED) is 0.790. The molecular formula is C14H13NO4. The molecule has 1 aromatic carbocycles. The predicted octanol–water partition coefficient (Wildman–Crippen LogP) is 1.05. The first-order valence-electron chi connectivity index (χ1n) is 6.15. The first kappa shape index (κ1) is 11.9. The summed E-state index contributed by atoms with van der Waals surface area (Å²) in [5.41, 5.74) is -0.181. The van der Waals surface area contributed by atoms with Crippen molar-refractivity contribution >= 4 is 16.9 Å². The van der Waals surface area contributed by atoms with E-state index in [0.717, 1.165) is 0 Å². The molecule has 2 N–H and O–H groups in total. The Balaban J connectivity index is 1.89. The van der Waals surface area contributed by atoms with Crippen molar-refractivity contribution < 1.29 is 14.3 Å². The minimum atomic E-state index is -0.643. The molecule has 98 valence electrons. The van der Waals surface area contributed by atoms with Crippen molar-refractivity contribution in [3.8, 4) is 0 Å². The molecule has 0 spiro atoms. The summed E-state index contributed by atoms with van der Waals surface area (Å²) >= 11 is 0. The highest BCUT2D eigenvalue weighted by atomic mass is 16.4. The van der Waals surface area contributed by atoms with E-state index in [2.05, 4.69) is 5.32 Å². The van der Waals surface area contributed by atoms with E-state index in [1.807, 2.05) is 6.07 Å². The number of benzene rings is 1. The van der Waals surface area contributed by atoms with E-state index in [9.17, 15) is 9.59 Å². The van der Waals surface area contributed by atoms with Gasteiger partial charge in [-0.05, 0) is 25.0 Å². The summed E-state index contributed by atoms with van der Waals surface area (Å²) in [5, 5.41) is 12.6.